The minimum Gasteiger partial charge on any atom is -0.352 e. The minimum atomic E-state index is 0.0505. The van der Waals surface area contributed by atoms with Crippen LogP contribution in [0.1, 0.15) is 31.0 Å². The third-order valence-corrected chi connectivity index (χ3v) is 2.80. The topological polar surface area (TPSA) is 80.0 Å². The molecule has 0 aliphatic carbocycles. The van der Waals surface area contributed by atoms with Gasteiger partial charge in [-0.15, -0.1) is 0 Å². The molecule has 1 aromatic heterocycles. The molecule has 2 heterocycles. The second-order valence-electron chi connectivity index (χ2n) is 4.35. The summed E-state index contributed by atoms with van der Waals surface area (Å²) in [5, 5.41) is 9.95. The van der Waals surface area contributed by atoms with E-state index in [1.807, 2.05) is 0 Å². The first-order valence-electron chi connectivity index (χ1n) is 6.03. The fraction of sp³-hybridized carbons (Fsp3) is 0.727. The fourth-order valence-corrected chi connectivity index (χ4v) is 1.94. The van der Waals surface area contributed by atoms with Crippen LogP contribution in [0, 0.1) is 6.92 Å². The van der Waals surface area contributed by atoms with Crippen molar-refractivity contribution >= 4 is 5.91 Å². The van der Waals surface area contributed by atoms with E-state index in [1.54, 1.807) is 6.92 Å². The monoisotopic (exact) mass is 238 g/mol. The molecule has 94 valence electrons. The maximum atomic E-state index is 11.7. The Morgan fingerprint density at radius 3 is 3.18 bits per heavy atom. The molecular weight excluding hydrogens is 220 g/mol. The summed E-state index contributed by atoms with van der Waals surface area (Å²) in [5.74, 6) is 1.19. The lowest BCUT2D eigenvalue weighted by Gasteiger charge is -2.23. The number of rotatable bonds is 4. The van der Waals surface area contributed by atoms with Gasteiger partial charge in [0.2, 0.25) is 11.8 Å². The van der Waals surface area contributed by atoms with E-state index in [4.69, 9.17) is 4.52 Å². The first-order chi connectivity index (χ1) is 8.24. The molecule has 0 radical (unpaired) electrons. The Bertz CT molecular complexity index is 371. The molecule has 0 spiro atoms. The zero-order chi connectivity index (χ0) is 12.1. The molecular formula is C11H18N4O2. The number of piperidine rings is 1. The van der Waals surface area contributed by atoms with Crippen molar-refractivity contribution in [1.82, 2.24) is 20.8 Å². The highest BCUT2D eigenvalue weighted by Gasteiger charge is 2.15. The van der Waals surface area contributed by atoms with Crippen molar-refractivity contribution in [2.24, 2.45) is 0 Å². The third-order valence-electron chi connectivity index (χ3n) is 2.80. The van der Waals surface area contributed by atoms with Gasteiger partial charge in [0, 0.05) is 25.4 Å². The van der Waals surface area contributed by atoms with Crippen LogP contribution in [0.2, 0.25) is 0 Å². The zero-order valence-electron chi connectivity index (χ0n) is 10.0. The van der Waals surface area contributed by atoms with Crippen LogP contribution in [0.25, 0.3) is 0 Å². The van der Waals surface area contributed by atoms with Gasteiger partial charge >= 0.3 is 0 Å². The van der Waals surface area contributed by atoms with Gasteiger partial charge in [-0.3, -0.25) is 4.79 Å². The highest BCUT2D eigenvalue weighted by molar-refractivity contribution is 5.76. The Kier molecular flexibility index (Phi) is 4.08. The first-order valence-corrected chi connectivity index (χ1v) is 6.03. The number of carbonyl (C=O) groups excluding carboxylic acids is 1. The number of hydrogen-bond acceptors (Lipinski definition) is 5. The molecule has 2 rings (SSSR count). The van der Waals surface area contributed by atoms with Crippen LogP contribution in [-0.2, 0) is 11.2 Å². The summed E-state index contributed by atoms with van der Waals surface area (Å²) in [6.45, 7) is 3.68. The van der Waals surface area contributed by atoms with E-state index in [0.717, 1.165) is 25.9 Å². The van der Waals surface area contributed by atoms with E-state index < -0.39 is 0 Å². The molecule has 1 aliphatic rings. The summed E-state index contributed by atoms with van der Waals surface area (Å²) in [6.07, 6.45) is 3.08. The third kappa shape index (κ3) is 3.81. The number of aromatic nitrogens is 2. The summed E-state index contributed by atoms with van der Waals surface area (Å²) < 4.78 is 4.95. The van der Waals surface area contributed by atoms with E-state index >= 15 is 0 Å². The second-order valence-corrected chi connectivity index (χ2v) is 4.35. The number of carbonyl (C=O) groups is 1. The maximum Gasteiger partial charge on any atom is 0.227 e. The first kappa shape index (κ1) is 12.0. The fourth-order valence-electron chi connectivity index (χ4n) is 1.94. The van der Waals surface area contributed by atoms with Gasteiger partial charge in [0.1, 0.15) is 0 Å². The van der Waals surface area contributed by atoms with Crippen LogP contribution in [0.15, 0.2) is 4.52 Å². The van der Waals surface area contributed by atoms with Crippen LogP contribution in [0.5, 0.6) is 0 Å². The van der Waals surface area contributed by atoms with Crippen molar-refractivity contribution in [3.05, 3.63) is 11.7 Å². The van der Waals surface area contributed by atoms with E-state index in [1.165, 1.54) is 0 Å². The summed E-state index contributed by atoms with van der Waals surface area (Å²) in [6, 6.07) is 0.265. The normalized spacial score (nSPS) is 20.2. The Labute approximate surface area is 100 Å². The van der Waals surface area contributed by atoms with E-state index in [-0.39, 0.29) is 11.9 Å². The van der Waals surface area contributed by atoms with Gasteiger partial charge in [0.15, 0.2) is 5.82 Å². The lowest BCUT2D eigenvalue weighted by molar-refractivity contribution is -0.121. The maximum absolute atomic E-state index is 11.7. The van der Waals surface area contributed by atoms with Crippen molar-refractivity contribution in [2.45, 2.75) is 38.6 Å². The number of nitrogens with one attached hydrogen (secondary N) is 2. The molecule has 6 heteroatoms. The molecule has 1 aliphatic heterocycles. The van der Waals surface area contributed by atoms with Crippen LogP contribution in [-0.4, -0.2) is 35.2 Å². The SMILES string of the molecule is Cc1noc(CCC(=O)N[C@H]2CCCNC2)n1. The van der Waals surface area contributed by atoms with Gasteiger partial charge < -0.3 is 15.2 Å². The Balaban J connectivity index is 1.70. The van der Waals surface area contributed by atoms with Crippen molar-refractivity contribution < 1.29 is 9.32 Å². The van der Waals surface area contributed by atoms with Gasteiger partial charge in [-0.25, -0.2) is 0 Å². The molecule has 1 saturated heterocycles. The smallest absolute Gasteiger partial charge is 0.227 e. The lowest BCUT2D eigenvalue weighted by atomic mass is 10.1. The van der Waals surface area contributed by atoms with Gasteiger partial charge in [0.05, 0.1) is 0 Å². The summed E-state index contributed by atoms with van der Waals surface area (Å²) >= 11 is 0. The Morgan fingerprint density at radius 2 is 2.53 bits per heavy atom. The largest absolute Gasteiger partial charge is 0.352 e. The van der Waals surface area contributed by atoms with Gasteiger partial charge in [-0.2, -0.15) is 4.98 Å². The van der Waals surface area contributed by atoms with Crippen LogP contribution < -0.4 is 10.6 Å². The average Bonchev–Trinajstić information content (AvgIpc) is 2.74. The molecule has 0 bridgehead atoms. The molecule has 2 N–H and O–H groups in total. The van der Waals surface area contributed by atoms with E-state index in [2.05, 4.69) is 20.8 Å². The molecule has 0 saturated carbocycles. The van der Waals surface area contributed by atoms with Gasteiger partial charge in [0.25, 0.3) is 0 Å². The van der Waals surface area contributed by atoms with Gasteiger partial charge in [-0.1, -0.05) is 5.16 Å². The number of amides is 1. The highest BCUT2D eigenvalue weighted by Crippen LogP contribution is 2.03. The standard InChI is InChI=1S/C11H18N4O2/c1-8-13-11(17-15-8)5-4-10(16)14-9-3-2-6-12-7-9/h9,12H,2-7H2,1H3,(H,14,16)/t9-/m0/s1. The molecule has 0 aromatic carbocycles. The Morgan fingerprint density at radius 1 is 1.65 bits per heavy atom. The van der Waals surface area contributed by atoms with Gasteiger partial charge in [-0.05, 0) is 26.3 Å². The Hall–Kier alpha value is -1.43. The van der Waals surface area contributed by atoms with Crippen LogP contribution in [0.4, 0.5) is 0 Å². The lowest BCUT2D eigenvalue weighted by Crippen LogP contribution is -2.45. The molecule has 1 atom stereocenters. The van der Waals surface area contributed by atoms with Crippen molar-refractivity contribution in [1.29, 1.82) is 0 Å². The summed E-state index contributed by atoms with van der Waals surface area (Å²) in [5.41, 5.74) is 0. The molecule has 1 fully saturated rings. The quantitative estimate of drug-likeness (QED) is 0.782. The highest BCUT2D eigenvalue weighted by atomic mass is 16.5. The van der Waals surface area contributed by atoms with Crippen molar-refractivity contribution in [3.8, 4) is 0 Å². The van der Waals surface area contributed by atoms with Crippen molar-refractivity contribution in [2.75, 3.05) is 13.1 Å². The molecule has 6 nitrogen and oxygen atoms in total. The number of nitrogens with zero attached hydrogens (tertiary/aromatic N) is 2. The molecule has 0 unspecified atom stereocenters. The second kappa shape index (κ2) is 5.77. The molecule has 1 aromatic rings. The summed E-state index contributed by atoms with van der Waals surface area (Å²) in [7, 11) is 0. The summed E-state index contributed by atoms with van der Waals surface area (Å²) in [4.78, 5) is 15.7. The number of hydrogen-bond donors (Lipinski definition) is 2. The minimum absolute atomic E-state index is 0.0505. The predicted octanol–water partition coefficient (Wildman–Crippen LogP) is 0.179. The van der Waals surface area contributed by atoms with Crippen molar-refractivity contribution in [3.63, 3.8) is 0 Å². The predicted molar refractivity (Wildman–Crippen MR) is 61.4 cm³/mol. The van der Waals surface area contributed by atoms with Crippen LogP contribution in [0.3, 0.4) is 0 Å². The average molecular weight is 238 g/mol. The zero-order valence-corrected chi connectivity index (χ0v) is 10.0. The molecule has 17 heavy (non-hydrogen) atoms. The molecule has 1 amide bonds. The van der Waals surface area contributed by atoms with E-state index in [9.17, 15) is 4.79 Å². The van der Waals surface area contributed by atoms with E-state index in [0.29, 0.717) is 24.6 Å². The van der Waals surface area contributed by atoms with Crippen LogP contribution >= 0.6 is 0 Å². The number of aryl methyl sites for hydroxylation is 2.